The Morgan fingerprint density at radius 1 is 1.38 bits per heavy atom. The fourth-order valence-electron chi connectivity index (χ4n) is 1.76. The molecule has 0 aromatic heterocycles. The molecule has 0 radical (unpaired) electrons. The molecule has 1 fully saturated rings. The first kappa shape index (κ1) is 11.9. The molecule has 1 aliphatic rings. The van der Waals surface area contributed by atoms with Gasteiger partial charge in [-0.1, -0.05) is 0 Å². The van der Waals surface area contributed by atoms with Crippen molar-refractivity contribution in [3.05, 3.63) is 42.5 Å². The van der Waals surface area contributed by atoms with Crippen molar-refractivity contribution in [2.75, 3.05) is 13.7 Å². The van der Waals surface area contributed by atoms with Crippen LogP contribution in [0.2, 0.25) is 4.82 Å². The molecule has 1 aliphatic heterocycles. The first-order chi connectivity index (χ1) is 7.79. The van der Waals surface area contributed by atoms with Gasteiger partial charge in [0.2, 0.25) is 0 Å². The van der Waals surface area contributed by atoms with Gasteiger partial charge in [-0.05, 0) is 0 Å². The Bertz CT molecular complexity index is 350. The van der Waals surface area contributed by atoms with Crippen molar-refractivity contribution in [2.24, 2.45) is 0 Å². The maximum absolute atomic E-state index is 5.62. The van der Waals surface area contributed by atoms with Gasteiger partial charge in [0.1, 0.15) is 0 Å². The Hall–Kier alpha value is -0.601. The normalized spacial score (nSPS) is 25.7. The second kappa shape index (κ2) is 5.65. The number of rotatable bonds is 3. The zero-order valence-corrected chi connectivity index (χ0v) is 11.1. The molecule has 2 rings (SSSR count). The average molecular weight is 283 g/mol. The summed E-state index contributed by atoms with van der Waals surface area (Å²) >= 11 is 0.461. The number of ether oxygens (including phenoxy) is 2. The molecular formula is C13H16O2Se. The van der Waals surface area contributed by atoms with Crippen LogP contribution in [0.1, 0.15) is 6.42 Å². The molecule has 0 saturated carbocycles. The molecule has 2 nitrogen and oxygen atoms in total. The van der Waals surface area contributed by atoms with Crippen molar-refractivity contribution in [1.82, 2.24) is 0 Å². The van der Waals surface area contributed by atoms with Crippen LogP contribution in [0.25, 0.3) is 0 Å². The summed E-state index contributed by atoms with van der Waals surface area (Å²) in [6.07, 6.45) is 0.829. The molecule has 0 N–H and O–H groups in total. The standard InChI is InChI=1S/C13H16O2Se/c1-10-8-12(9-15-13(10)14-2)16-11-6-4-3-5-7-11/h3-7,12-13H,1,8-9H2,2H3. The van der Waals surface area contributed by atoms with Crippen molar-refractivity contribution in [3.63, 3.8) is 0 Å². The Balaban J connectivity index is 1.91. The van der Waals surface area contributed by atoms with Crippen LogP contribution in [-0.4, -0.2) is 35.0 Å². The fourth-order valence-corrected chi connectivity index (χ4v) is 4.16. The van der Waals surface area contributed by atoms with E-state index in [-0.39, 0.29) is 6.29 Å². The van der Waals surface area contributed by atoms with Crippen molar-refractivity contribution < 1.29 is 9.47 Å². The third kappa shape index (κ3) is 2.96. The molecule has 1 aromatic carbocycles. The summed E-state index contributed by atoms with van der Waals surface area (Å²) in [5.41, 5.74) is 1.07. The van der Waals surface area contributed by atoms with Gasteiger partial charge in [0.05, 0.1) is 0 Å². The number of benzene rings is 1. The molecule has 3 heteroatoms. The fraction of sp³-hybridized carbons (Fsp3) is 0.385. The summed E-state index contributed by atoms with van der Waals surface area (Å²) in [5.74, 6) is 0. The molecule has 0 spiro atoms. The summed E-state index contributed by atoms with van der Waals surface area (Å²) in [7, 11) is 1.67. The second-order valence-corrected chi connectivity index (χ2v) is 6.70. The minimum absolute atomic E-state index is 0.192. The van der Waals surface area contributed by atoms with Crippen LogP contribution in [0.4, 0.5) is 0 Å². The molecule has 1 aromatic rings. The topological polar surface area (TPSA) is 18.5 Å². The Morgan fingerprint density at radius 2 is 2.12 bits per heavy atom. The molecule has 0 bridgehead atoms. The monoisotopic (exact) mass is 284 g/mol. The Morgan fingerprint density at radius 3 is 2.75 bits per heavy atom. The number of methoxy groups -OCH3 is 1. The van der Waals surface area contributed by atoms with Gasteiger partial charge in [-0.3, -0.25) is 0 Å². The zero-order chi connectivity index (χ0) is 11.4. The summed E-state index contributed by atoms with van der Waals surface area (Å²) in [5, 5.41) is 0. The van der Waals surface area contributed by atoms with Crippen molar-refractivity contribution >= 4 is 19.4 Å². The van der Waals surface area contributed by atoms with Gasteiger partial charge in [-0.15, -0.1) is 0 Å². The van der Waals surface area contributed by atoms with Crippen LogP contribution in [-0.2, 0) is 9.47 Å². The van der Waals surface area contributed by atoms with Crippen LogP contribution in [0.3, 0.4) is 0 Å². The maximum atomic E-state index is 5.62. The summed E-state index contributed by atoms with van der Waals surface area (Å²) < 4.78 is 12.2. The van der Waals surface area contributed by atoms with E-state index in [0.29, 0.717) is 19.8 Å². The number of hydrogen-bond acceptors (Lipinski definition) is 2. The van der Waals surface area contributed by atoms with Gasteiger partial charge in [0.15, 0.2) is 0 Å². The summed E-state index contributed by atoms with van der Waals surface area (Å²) in [6, 6.07) is 10.6. The van der Waals surface area contributed by atoms with E-state index in [4.69, 9.17) is 9.47 Å². The SMILES string of the molecule is C=C1CC([Se]c2ccccc2)COC1OC. The molecule has 1 saturated heterocycles. The first-order valence-corrected chi connectivity index (χ1v) is 7.18. The predicted octanol–water partition coefficient (Wildman–Crippen LogP) is 1.75. The molecular weight excluding hydrogens is 267 g/mol. The van der Waals surface area contributed by atoms with Gasteiger partial charge in [-0.2, -0.15) is 0 Å². The van der Waals surface area contributed by atoms with Crippen LogP contribution in [0.15, 0.2) is 42.5 Å². The van der Waals surface area contributed by atoms with E-state index >= 15 is 0 Å². The van der Waals surface area contributed by atoms with Gasteiger partial charge in [0.25, 0.3) is 0 Å². The Kier molecular flexibility index (Phi) is 4.19. The number of hydrogen-bond donors (Lipinski definition) is 0. The third-order valence-electron chi connectivity index (χ3n) is 2.52. The van der Waals surface area contributed by atoms with Crippen molar-refractivity contribution in [2.45, 2.75) is 17.5 Å². The van der Waals surface area contributed by atoms with E-state index < -0.39 is 0 Å². The van der Waals surface area contributed by atoms with Crippen LogP contribution < -0.4 is 4.46 Å². The molecule has 0 aliphatic carbocycles. The molecule has 1 heterocycles. The molecule has 2 unspecified atom stereocenters. The van der Waals surface area contributed by atoms with Gasteiger partial charge in [0, 0.05) is 0 Å². The van der Waals surface area contributed by atoms with Crippen LogP contribution in [0.5, 0.6) is 0 Å². The summed E-state index contributed by atoms with van der Waals surface area (Å²) in [6.45, 7) is 4.80. The van der Waals surface area contributed by atoms with E-state index in [0.717, 1.165) is 18.6 Å². The van der Waals surface area contributed by atoms with E-state index in [1.54, 1.807) is 7.11 Å². The van der Waals surface area contributed by atoms with E-state index in [1.165, 1.54) is 4.46 Å². The molecule has 86 valence electrons. The van der Waals surface area contributed by atoms with Crippen LogP contribution >= 0.6 is 0 Å². The third-order valence-corrected chi connectivity index (χ3v) is 4.99. The van der Waals surface area contributed by atoms with E-state index in [2.05, 4.69) is 36.9 Å². The van der Waals surface area contributed by atoms with E-state index in [9.17, 15) is 0 Å². The van der Waals surface area contributed by atoms with E-state index in [1.807, 2.05) is 0 Å². The Labute approximate surface area is 103 Å². The van der Waals surface area contributed by atoms with Crippen molar-refractivity contribution in [1.29, 1.82) is 0 Å². The molecule has 0 amide bonds. The van der Waals surface area contributed by atoms with Crippen LogP contribution in [0, 0.1) is 0 Å². The molecule has 2 atom stereocenters. The van der Waals surface area contributed by atoms with Gasteiger partial charge >= 0.3 is 103 Å². The quantitative estimate of drug-likeness (QED) is 0.621. The second-order valence-electron chi connectivity index (χ2n) is 3.82. The zero-order valence-electron chi connectivity index (χ0n) is 9.39. The van der Waals surface area contributed by atoms with Gasteiger partial charge < -0.3 is 0 Å². The molecule has 16 heavy (non-hydrogen) atoms. The minimum atomic E-state index is -0.192. The first-order valence-electron chi connectivity index (χ1n) is 5.33. The van der Waals surface area contributed by atoms with Gasteiger partial charge in [-0.25, -0.2) is 0 Å². The predicted molar refractivity (Wildman–Crippen MR) is 66.1 cm³/mol. The average Bonchev–Trinajstić information content (AvgIpc) is 2.31. The summed E-state index contributed by atoms with van der Waals surface area (Å²) in [4.78, 5) is 0.591. The van der Waals surface area contributed by atoms with Crippen molar-refractivity contribution in [3.8, 4) is 0 Å².